The SMILES string of the molecule is CC[C@@H](O)Cn1nc(C2CC2)nc1Cc1ccccc1OC. The molecule has 1 fully saturated rings. The largest absolute Gasteiger partial charge is 0.496 e. The number of aliphatic hydroxyl groups excluding tert-OH is 1. The highest BCUT2D eigenvalue weighted by atomic mass is 16.5. The summed E-state index contributed by atoms with van der Waals surface area (Å²) in [5.74, 6) is 3.20. The summed E-state index contributed by atoms with van der Waals surface area (Å²) < 4.78 is 7.29. The smallest absolute Gasteiger partial charge is 0.154 e. The zero-order valence-corrected chi connectivity index (χ0v) is 13.2. The average molecular weight is 301 g/mol. The van der Waals surface area contributed by atoms with Crippen LogP contribution in [0.5, 0.6) is 5.75 Å². The Morgan fingerprint density at radius 3 is 2.82 bits per heavy atom. The lowest BCUT2D eigenvalue weighted by Crippen LogP contribution is -2.18. The van der Waals surface area contributed by atoms with Crippen LogP contribution < -0.4 is 4.74 Å². The Morgan fingerprint density at radius 1 is 1.36 bits per heavy atom. The number of ether oxygens (including phenoxy) is 1. The van der Waals surface area contributed by atoms with E-state index in [1.54, 1.807) is 7.11 Å². The minimum absolute atomic E-state index is 0.384. The van der Waals surface area contributed by atoms with Crippen LogP contribution in [0.2, 0.25) is 0 Å². The van der Waals surface area contributed by atoms with Crippen molar-refractivity contribution in [3.8, 4) is 5.75 Å². The molecule has 0 unspecified atom stereocenters. The van der Waals surface area contributed by atoms with E-state index in [0.29, 0.717) is 25.3 Å². The molecule has 1 aliphatic rings. The number of hydrogen-bond acceptors (Lipinski definition) is 4. The summed E-state index contributed by atoms with van der Waals surface area (Å²) in [4.78, 5) is 4.72. The van der Waals surface area contributed by atoms with Crippen LogP contribution in [-0.2, 0) is 13.0 Å². The highest BCUT2D eigenvalue weighted by Crippen LogP contribution is 2.38. The molecule has 118 valence electrons. The lowest BCUT2D eigenvalue weighted by Gasteiger charge is -2.11. The molecule has 0 amide bonds. The van der Waals surface area contributed by atoms with E-state index in [2.05, 4.69) is 5.10 Å². The maximum atomic E-state index is 9.95. The summed E-state index contributed by atoms with van der Waals surface area (Å²) in [7, 11) is 1.68. The fourth-order valence-corrected chi connectivity index (χ4v) is 2.53. The Kier molecular flexibility index (Phi) is 4.43. The van der Waals surface area contributed by atoms with Crippen molar-refractivity contribution in [2.45, 2.75) is 51.2 Å². The number of methoxy groups -OCH3 is 1. The van der Waals surface area contributed by atoms with Crippen molar-refractivity contribution in [2.24, 2.45) is 0 Å². The Labute approximate surface area is 131 Å². The molecular weight excluding hydrogens is 278 g/mol. The zero-order chi connectivity index (χ0) is 15.5. The van der Waals surface area contributed by atoms with E-state index in [1.807, 2.05) is 35.9 Å². The van der Waals surface area contributed by atoms with Gasteiger partial charge < -0.3 is 9.84 Å². The molecule has 0 radical (unpaired) electrons. The predicted molar refractivity (Wildman–Crippen MR) is 84.1 cm³/mol. The van der Waals surface area contributed by atoms with E-state index in [0.717, 1.165) is 23.0 Å². The summed E-state index contributed by atoms with van der Waals surface area (Å²) >= 11 is 0. The van der Waals surface area contributed by atoms with E-state index in [1.165, 1.54) is 12.8 Å². The monoisotopic (exact) mass is 301 g/mol. The summed E-state index contributed by atoms with van der Waals surface area (Å²) in [6, 6.07) is 7.97. The second-order valence-corrected chi connectivity index (χ2v) is 5.89. The second kappa shape index (κ2) is 6.48. The van der Waals surface area contributed by atoms with Gasteiger partial charge in [-0.1, -0.05) is 25.1 Å². The minimum atomic E-state index is -0.384. The van der Waals surface area contributed by atoms with Crippen LogP contribution in [0.3, 0.4) is 0 Å². The van der Waals surface area contributed by atoms with E-state index in [-0.39, 0.29) is 6.10 Å². The van der Waals surface area contributed by atoms with Crippen LogP contribution in [0.25, 0.3) is 0 Å². The lowest BCUT2D eigenvalue weighted by molar-refractivity contribution is 0.144. The van der Waals surface area contributed by atoms with Gasteiger partial charge in [-0.3, -0.25) is 0 Å². The number of benzene rings is 1. The minimum Gasteiger partial charge on any atom is -0.496 e. The average Bonchev–Trinajstić information content (AvgIpc) is 3.32. The van der Waals surface area contributed by atoms with Gasteiger partial charge in [-0.05, 0) is 25.3 Å². The molecule has 0 aliphatic heterocycles. The third kappa shape index (κ3) is 3.30. The molecule has 1 heterocycles. The first-order valence-electron chi connectivity index (χ1n) is 7.94. The van der Waals surface area contributed by atoms with Crippen LogP contribution in [-0.4, -0.2) is 33.1 Å². The molecule has 22 heavy (non-hydrogen) atoms. The summed E-state index contributed by atoms with van der Waals surface area (Å²) in [5, 5.41) is 14.6. The molecule has 0 saturated heterocycles. The Balaban J connectivity index is 1.87. The molecule has 0 bridgehead atoms. The van der Waals surface area contributed by atoms with Crippen LogP contribution >= 0.6 is 0 Å². The molecule has 5 nitrogen and oxygen atoms in total. The number of nitrogens with zero attached hydrogens (tertiary/aromatic N) is 3. The molecule has 1 atom stereocenters. The van der Waals surface area contributed by atoms with Gasteiger partial charge in [-0.25, -0.2) is 9.67 Å². The van der Waals surface area contributed by atoms with Gasteiger partial charge in [-0.2, -0.15) is 5.10 Å². The Morgan fingerprint density at radius 2 is 2.14 bits per heavy atom. The van der Waals surface area contributed by atoms with Gasteiger partial charge in [0.25, 0.3) is 0 Å². The zero-order valence-electron chi connectivity index (χ0n) is 13.2. The van der Waals surface area contributed by atoms with Crippen LogP contribution in [0, 0.1) is 0 Å². The highest BCUT2D eigenvalue weighted by molar-refractivity contribution is 5.35. The fourth-order valence-electron chi connectivity index (χ4n) is 2.53. The molecule has 3 rings (SSSR count). The summed E-state index contributed by atoms with van der Waals surface area (Å²) in [6.45, 7) is 2.48. The van der Waals surface area contributed by atoms with Crippen molar-refractivity contribution < 1.29 is 9.84 Å². The van der Waals surface area contributed by atoms with Gasteiger partial charge in [0.15, 0.2) is 5.82 Å². The van der Waals surface area contributed by atoms with E-state index >= 15 is 0 Å². The number of para-hydroxylation sites is 1. The molecule has 0 spiro atoms. The molecule has 2 aromatic rings. The van der Waals surface area contributed by atoms with E-state index < -0.39 is 0 Å². The Bertz CT molecular complexity index is 635. The van der Waals surface area contributed by atoms with Crippen molar-refractivity contribution in [3.05, 3.63) is 41.5 Å². The van der Waals surface area contributed by atoms with Crippen LogP contribution in [0.4, 0.5) is 0 Å². The number of rotatable bonds is 7. The third-order valence-electron chi connectivity index (χ3n) is 4.10. The molecule has 5 heteroatoms. The maximum absolute atomic E-state index is 9.95. The molecule has 1 N–H and O–H groups in total. The van der Waals surface area contributed by atoms with Gasteiger partial charge in [0, 0.05) is 17.9 Å². The number of aromatic nitrogens is 3. The normalized spacial score (nSPS) is 15.8. The fraction of sp³-hybridized carbons (Fsp3) is 0.529. The molecular formula is C17H23N3O2. The van der Waals surface area contributed by atoms with Crippen LogP contribution in [0.15, 0.2) is 24.3 Å². The van der Waals surface area contributed by atoms with Gasteiger partial charge >= 0.3 is 0 Å². The van der Waals surface area contributed by atoms with Gasteiger partial charge in [-0.15, -0.1) is 0 Å². The molecule has 1 saturated carbocycles. The molecule has 1 aromatic heterocycles. The van der Waals surface area contributed by atoms with E-state index in [4.69, 9.17) is 9.72 Å². The van der Waals surface area contributed by atoms with Gasteiger partial charge in [0.1, 0.15) is 11.6 Å². The first kappa shape index (κ1) is 15.0. The van der Waals surface area contributed by atoms with Crippen molar-refractivity contribution in [2.75, 3.05) is 7.11 Å². The molecule has 1 aliphatic carbocycles. The second-order valence-electron chi connectivity index (χ2n) is 5.89. The number of hydrogen-bond donors (Lipinski definition) is 1. The number of aliphatic hydroxyl groups is 1. The first-order valence-corrected chi connectivity index (χ1v) is 7.94. The van der Waals surface area contributed by atoms with Gasteiger partial charge in [0.05, 0.1) is 19.8 Å². The maximum Gasteiger partial charge on any atom is 0.154 e. The van der Waals surface area contributed by atoms with Crippen molar-refractivity contribution in [1.29, 1.82) is 0 Å². The standard InChI is InChI=1S/C17H23N3O2/c1-3-14(21)11-20-16(18-17(19-20)12-8-9-12)10-13-6-4-5-7-15(13)22-2/h4-7,12,14,21H,3,8-11H2,1-2H3/t14-/m1/s1. The van der Waals surface area contributed by atoms with E-state index in [9.17, 15) is 5.11 Å². The predicted octanol–water partition coefficient (Wildman–Crippen LogP) is 2.53. The first-order chi connectivity index (χ1) is 10.7. The molecule has 1 aromatic carbocycles. The van der Waals surface area contributed by atoms with Crippen molar-refractivity contribution >= 4 is 0 Å². The van der Waals surface area contributed by atoms with Crippen molar-refractivity contribution in [3.63, 3.8) is 0 Å². The summed E-state index contributed by atoms with van der Waals surface area (Å²) in [6.07, 6.45) is 3.35. The summed E-state index contributed by atoms with van der Waals surface area (Å²) in [5.41, 5.74) is 1.09. The highest BCUT2D eigenvalue weighted by Gasteiger charge is 2.29. The topological polar surface area (TPSA) is 60.2 Å². The van der Waals surface area contributed by atoms with Crippen molar-refractivity contribution in [1.82, 2.24) is 14.8 Å². The van der Waals surface area contributed by atoms with Gasteiger partial charge in [0.2, 0.25) is 0 Å². The van der Waals surface area contributed by atoms with Crippen LogP contribution in [0.1, 0.15) is 49.3 Å². The quantitative estimate of drug-likeness (QED) is 0.853. The third-order valence-corrected chi connectivity index (χ3v) is 4.10. The lowest BCUT2D eigenvalue weighted by atomic mass is 10.1. The Hall–Kier alpha value is -1.88.